The smallest absolute Gasteiger partial charge is 0.387 e. The van der Waals surface area contributed by atoms with Crippen molar-refractivity contribution in [3.8, 4) is 11.5 Å². The largest absolute Gasteiger partial charge is 0.493 e. The summed E-state index contributed by atoms with van der Waals surface area (Å²) in [5.74, 6) is -0.291. The molecule has 1 atom stereocenters. The second-order valence-electron chi connectivity index (χ2n) is 5.36. The molecule has 0 amide bonds. The maximum Gasteiger partial charge on any atom is 0.387 e. The Morgan fingerprint density at radius 1 is 1.46 bits per heavy atom. The number of benzene rings is 1. The van der Waals surface area contributed by atoms with E-state index in [9.17, 15) is 18.9 Å². The van der Waals surface area contributed by atoms with E-state index in [4.69, 9.17) is 4.74 Å². The van der Waals surface area contributed by atoms with E-state index in [0.29, 0.717) is 12.1 Å². The van der Waals surface area contributed by atoms with E-state index in [1.807, 2.05) is 6.92 Å². The van der Waals surface area contributed by atoms with Crippen LogP contribution < -0.4 is 14.8 Å². The van der Waals surface area contributed by atoms with Crippen molar-refractivity contribution in [2.24, 2.45) is 0 Å². The van der Waals surface area contributed by atoms with Crippen molar-refractivity contribution in [3.05, 3.63) is 27.8 Å². The van der Waals surface area contributed by atoms with Gasteiger partial charge < -0.3 is 14.8 Å². The lowest BCUT2D eigenvalue weighted by Gasteiger charge is -2.31. The summed E-state index contributed by atoms with van der Waals surface area (Å²) in [5, 5.41) is 14.5. The van der Waals surface area contributed by atoms with Gasteiger partial charge in [-0.1, -0.05) is 0 Å². The second kappa shape index (κ2) is 8.95. The van der Waals surface area contributed by atoms with Crippen molar-refractivity contribution in [2.75, 3.05) is 26.7 Å². The van der Waals surface area contributed by atoms with Crippen LogP contribution in [0.1, 0.15) is 12.5 Å². The molecule has 1 aliphatic rings. The van der Waals surface area contributed by atoms with Crippen molar-refractivity contribution in [1.29, 1.82) is 0 Å². The van der Waals surface area contributed by atoms with Crippen LogP contribution in [-0.2, 0) is 6.54 Å². The molecule has 136 valence electrons. The lowest BCUT2D eigenvalue weighted by molar-refractivity contribution is -0.385. The molecule has 0 bridgehead atoms. The van der Waals surface area contributed by atoms with Crippen LogP contribution in [0.15, 0.2) is 12.1 Å². The zero-order valence-corrected chi connectivity index (χ0v) is 14.1. The van der Waals surface area contributed by atoms with E-state index >= 15 is 0 Å². The van der Waals surface area contributed by atoms with Gasteiger partial charge in [-0.25, -0.2) is 0 Å². The van der Waals surface area contributed by atoms with Gasteiger partial charge in [0.05, 0.1) is 18.1 Å². The molecule has 0 aliphatic carbocycles. The number of methoxy groups -OCH3 is 1. The fourth-order valence-electron chi connectivity index (χ4n) is 2.63. The Hall–Kier alpha value is -1.71. The van der Waals surface area contributed by atoms with Gasteiger partial charge in [0.1, 0.15) is 0 Å². The third kappa shape index (κ3) is 5.15. The molecular formula is C14H20ClF2N3O4. The molecule has 0 aromatic heterocycles. The summed E-state index contributed by atoms with van der Waals surface area (Å²) in [4.78, 5) is 12.7. The normalized spacial score (nSPS) is 18.1. The topological polar surface area (TPSA) is 76.9 Å². The molecule has 1 unspecified atom stereocenters. The lowest BCUT2D eigenvalue weighted by atomic mass is 10.1. The highest BCUT2D eigenvalue weighted by molar-refractivity contribution is 5.85. The summed E-state index contributed by atoms with van der Waals surface area (Å²) in [6.07, 6.45) is 0. The minimum atomic E-state index is -3.08. The van der Waals surface area contributed by atoms with Gasteiger partial charge in [-0.15, -0.1) is 12.4 Å². The predicted octanol–water partition coefficient (Wildman–Crippen LogP) is 2.42. The fourth-order valence-corrected chi connectivity index (χ4v) is 2.63. The van der Waals surface area contributed by atoms with Crippen LogP contribution in [0.2, 0.25) is 0 Å². The van der Waals surface area contributed by atoms with E-state index < -0.39 is 11.5 Å². The molecule has 2 rings (SSSR count). The van der Waals surface area contributed by atoms with Gasteiger partial charge in [0, 0.05) is 37.8 Å². The molecular weight excluding hydrogens is 348 g/mol. The second-order valence-corrected chi connectivity index (χ2v) is 5.36. The van der Waals surface area contributed by atoms with E-state index in [-0.39, 0.29) is 35.6 Å². The average molecular weight is 368 g/mol. The maximum absolute atomic E-state index is 12.4. The van der Waals surface area contributed by atoms with Crippen LogP contribution >= 0.6 is 12.4 Å². The van der Waals surface area contributed by atoms with Gasteiger partial charge in [-0.2, -0.15) is 8.78 Å². The Balaban J connectivity index is 0.00000288. The van der Waals surface area contributed by atoms with E-state index in [2.05, 4.69) is 15.0 Å². The molecule has 0 spiro atoms. The number of nitrogens with zero attached hydrogens (tertiary/aromatic N) is 2. The van der Waals surface area contributed by atoms with E-state index in [1.54, 1.807) is 0 Å². The maximum atomic E-state index is 12.4. The van der Waals surface area contributed by atoms with Gasteiger partial charge in [-0.05, 0) is 13.0 Å². The molecule has 1 heterocycles. The number of halogens is 3. The fraction of sp³-hybridized carbons (Fsp3) is 0.571. The minimum Gasteiger partial charge on any atom is -0.493 e. The molecule has 0 radical (unpaired) electrons. The van der Waals surface area contributed by atoms with Crippen LogP contribution in [0.3, 0.4) is 0 Å². The van der Waals surface area contributed by atoms with E-state index in [1.165, 1.54) is 13.2 Å². The number of ether oxygens (including phenoxy) is 2. The Morgan fingerprint density at radius 2 is 2.17 bits per heavy atom. The van der Waals surface area contributed by atoms with Crippen molar-refractivity contribution in [2.45, 2.75) is 26.1 Å². The van der Waals surface area contributed by atoms with Crippen molar-refractivity contribution < 1.29 is 23.2 Å². The molecule has 0 saturated carbocycles. The summed E-state index contributed by atoms with van der Waals surface area (Å²) in [7, 11) is 1.30. The molecule has 1 saturated heterocycles. The number of alkyl halides is 2. The zero-order valence-electron chi connectivity index (χ0n) is 13.3. The van der Waals surface area contributed by atoms with Crippen LogP contribution in [0.5, 0.6) is 11.5 Å². The van der Waals surface area contributed by atoms with Gasteiger partial charge in [0.25, 0.3) is 5.69 Å². The summed E-state index contributed by atoms with van der Waals surface area (Å²) in [6.45, 7) is 1.57. The summed E-state index contributed by atoms with van der Waals surface area (Å²) < 4.78 is 34.2. The number of piperazine rings is 1. The highest BCUT2D eigenvalue weighted by atomic mass is 35.5. The SMILES string of the molecule is COc1cc(CN2CCNC(C)C2)c([N+](=O)[O-])cc1OC(F)F.Cl. The highest BCUT2D eigenvalue weighted by Crippen LogP contribution is 2.36. The molecule has 10 heteroatoms. The number of hydrogen-bond donors (Lipinski definition) is 1. The molecule has 1 fully saturated rings. The number of nitrogens with one attached hydrogen (secondary N) is 1. The molecule has 7 nitrogen and oxygen atoms in total. The summed E-state index contributed by atoms with van der Waals surface area (Å²) in [5.41, 5.74) is 0.148. The first-order chi connectivity index (χ1) is 10.9. The Labute approximate surface area is 144 Å². The Morgan fingerprint density at radius 3 is 2.71 bits per heavy atom. The van der Waals surface area contributed by atoms with Gasteiger partial charge in [-0.3, -0.25) is 15.0 Å². The van der Waals surface area contributed by atoms with Crippen LogP contribution in [-0.4, -0.2) is 49.2 Å². The van der Waals surface area contributed by atoms with Crippen LogP contribution in [0, 0.1) is 10.1 Å². The molecule has 1 aromatic rings. The standard InChI is InChI=1S/C14H19F2N3O4.ClH/c1-9-7-18(4-3-17-9)8-10-5-12(22-2)13(23-14(15)16)6-11(10)19(20)21;/h5-6,9,14,17H,3-4,7-8H2,1-2H3;1H. The Kier molecular flexibility index (Phi) is 7.59. The third-order valence-corrected chi connectivity index (χ3v) is 3.62. The van der Waals surface area contributed by atoms with Gasteiger partial charge in [0.2, 0.25) is 0 Å². The van der Waals surface area contributed by atoms with Gasteiger partial charge in [0.15, 0.2) is 11.5 Å². The van der Waals surface area contributed by atoms with Crippen molar-refractivity contribution in [3.63, 3.8) is 0 Å². The third-order valence-electron chi connectivity index (χ3n) is 3.62. The monoisotopic (exact) mass is 367 g/mol. The predicted molar refractivity (Wildman–Crippen MR) is 86.3 cm³/mol. The molecule has 1 aliphatic heterocycles. The average Bonchev–Trinajstić information content (AvgIpc) is 2.47. The molecule has 1 N–H and O–H groups in total. The van der Waals surface area contributed by atoms with Crippen molar-refractivity contribution in [1.82, 2.24) is 10.2 Å². The van der Waals surface area contributed by atoms with Crippen LogP contribution in [0.25, 0.3) is 0 Å². The zero-order chi connectivity index (χ0) is 17.0. The summed E-state index contributed by atoms with van der Waals surface area (Å²) in [6, 6.07) is 2.67. The van der Waals surface area contributed by atoms with Crippen LogP contribution in [0.4, 0.5) is 14.5 Å². The quantitative estimate of drug-likeness (QED) is 0.614. The molecule has 1 aromatic carbocycles. The number of nitro benzene ring substituents is 1. The number of rotatable bonds is 6. The Bertz CT molecular complexity index is 577. The number of hydrogen-bond acceptors (Lipinski definition) is 6. The number of nitro groups is 1. The van der Waals surface area contributed by atoms with Crippen molar-refractivity contribution >= 4 is 18.1 Å². The highest BCUT2D eigenvalue weighted by Gasteiger charge is 2.24. The lowest BCUT2D eigenvalue weighted by Crippen LogP contribution is -2.48. The minimum absolute atomic E-state index is 0. The molecule has 24 heavy (non-hydrogen) atoms. The first-order valence-corrected chi connectivity index (χ1v) is 7.16. The van der Waals surface area contributed by atoms with Gasteiger partial charge >= 0.3 is 6.61 Å². The first kappa shape index (κ1) is 20.3. The first-order valence-electron chi connectivity index (χ1n) is 7.16. The summed E-state index contributed by atoms with van der Waals surface area (Å²) >= 11 is 0. The van der Waals surface area contributed by atoms with E-state index in [0.717, 1.165) is 25.7 Å².